The van der Waals surface area contributed by atoms with Crippen LogP contribution in [0.5, 0.6) is 5.75 Å². The molecular weight excluding hydrogens is 562 g/mol. The predicted molar refractivity (Wildman–Crippen MR) is 136 cm³/mol. The zero-order chi connectivity index (χ0) is 23.3. The van der Waals surface area contributed by atoms with Gasteiger partial charge in [-0.25, -0.2) is 0 Å². The molecule has 2 aromatic carbocycles. The minimum Gasteiger partial charge on any atom is -0.482 e. The highest BCUT2D eigenvalue weighted by Gasteiger charge is 2.23. The Balaban J connectivity index is 1.65. The van der Waals surface area contributed by atoms with Crippen LogP contribution >= 0.6 is 43.5 Å². The number of benzene rings is 2. The Morgan fingerprint density at radius 3 is 2.50 bits per heavy atom. The number of amides is 2. The lowest BCUT2D eigenvalue weighted by Crippen LogP contribution is -2.49. The average molecular weight is 588 g/mol. The Labute approximate surface area is 210 Å². The summed E-state index contributed by atoms with van der Waals surface area (Å²) in [6, 6.07) is 9.25. The normalized spacial score (nSPS) is 13.8. The third kappa shape index (κ3) is 6.39. The number of aryl methyl sites for hydroxylation is 1. The number of carbonyl (C=O) groups excluding carboxylic acids is 2. The molecular formula is C23H26Br2ClN3O3. The lowest BCUT2D eigenvalue weighted by atomic mass is 10.2. The van der Waals surface area contributed by atoms with Crippen LogP contribution in [-0.4, -0.2) is 49.5 Å². The van der Waals surface area contributed by atoms with Crippen molar-refractivity contribution >= 4 is 66.6 Å². The van der Waals surface area contributed by atoms with Crippen LogP contribution in [0.1, 0.15) is 25.3 Å². The number of ether oxygens (including phenoxy) is 1. The van der Waals surface area contributed by atoms with Gasteiger partial charge in [0.25, 0.3) is 5.91 Å². The fourth-order valence-corrected chi connectivity index (χ4v) is 5.37. The Kier molecular flexibility index (Phi) is 8.85. The van der Waals surface area contributed by atoms with E-state index in [0.29, 0.717) is 49.1 Å². The molecule has 172 valence electrons. The summed E-state index contributed by atoms with van der Waals surface area (Å²) in [6.07, 6.45) is 1.43. The SMILES string of the molecule is CCCC(=O)N1CCN(c2ccc(Cl)cc2NC(=O)COc2c(C)cc(Br)cc2Br)CC1. The number of rotatable bonds is 7. The Hall–Kier alpha value is -1.77. The van der Waals surface area contributed by atoms with Crippen LogP contribution in [0.4, 0.5) is 11.4 Å². The van der Waals surface area contributed by atoms with Crippen LogP contribution in [0.25, 0.3) is 0 Å². The second kappa shape index (κ2) is 11.4. The first kappa shape index (κ1) is 24.9. The van der Waals surface area contributed by atoms with E-state index in [2.05, 4.69) is 42.1 Å². The highest BCUT2D eigenvalue weighted by atomic mass is 79.9. The average Bonchev–Trinajstić information content (AvgIpc) is 2.73. The number of halogens is 3. The molecule has 0 atom stereocenters. The molecule has 1 heterocycles. The molecule has 1 saturated heterocycles. The first-order valence-corrected chi connectivity index (χ1v) is 12.5. The second-order valence-corrected chi connectivity index (χ2v) is 9.86. The number of nitrogens with one attached hydrogen (secondary N) is 1. The summed E-state index contributed by atoms with van der Waals surface area (Å²) >= 11 is 13.1. The Morgan fingerprint density at radius 2 is 1.84 bits per heavy atom. The molecule has 9 heteroatoms. The van der Waals surface area contributed by atoms with Crippen molar-refractivity contribution in [2.75, 3.05) is 43.0 Å². The van der Waals surface area contributed by atoms with Crippen LogP contribution in [0.3, 0.4) is 0 Å². The highest BCUT2D eigenvalue weighted by Crippen LogP contribution is 2.33. The van der Waals surface area contributed by atoms with E-state index >= 15 is 0 Å². The number of carbonyl (C=O) groups is 2. The number of hydrogen-bond acceptors (Lipinski definition) is 4. The molecule has 0 saturated carbocycles. The fourth-order valence-electron chi connectivity index (χ4n) is 3.65. The summed E-state index contributed by atoms with van der Waals surface area (Å²) < 4.78 is 7.47. The van der Waals surface area contributed by atoms with Crippen molar-refractivity contribution in [1.82, 2.24) is 4.90 Å². The zero-order valence-corrected chi connectivity index (χ0v) is 22.0. The van der Waals surface area contributed by atoms with Gasteiger partial charge in [-0.3, -0.25) is 9.59 Å². The van der Waals surface area contributed by atoms with Gasteiger partial charge in [-0.15, -0.1) is 0 Å². The molecule has 0 aliphatic carbocycles. The third-order valence-electron chi connectivity index (χ3n) is 5.21. The predicted octanol–water partition coefficient (Wildman–Crippen LogP) is 5.64. The lowest BCUT2D eigenvalue weighted by Gasteiger charge is -2.37. The molecule has 3 rings (SSSR count). The Morgan fingerprint density at radius 1 is 1.12 bits per heavy atom. The van der Waals surface area contributed by atoms with Gasteiger partial charge < -0.3 is 19.9 Å². The van der Waals surface area contributed by atoms with Gasteiger partial charge in [-0.1, -0.05) is 34.5 Å². The molecule has 0 bridgehead atoms. The maximum absolute atomic E-state index is 12.7. The van der Waals surface area contributed by atoms with Gasteiger partial charge in [-0.2, -0.15) is 0 Å². The van der Waals surface area contributed by atoms with Gasteiger partial charge in [0.05, 0.1) is 15.8 Å². The largest absolute Gasteiger partial charge is 0.482 e. The van der Waals surface area contributed by atoms with Crippen LogP contribution in [0.2, 0.25) is 5.02 Å². The van der Waals surface area contributed by atoms with Gasteiger partial charge >= 0.3 is 0 Å². The van der Waals surface area contributed by atoms with Crippen LogP contribution in [0.15, 0.2) is 39.3 Å². The van der Waals surface area contributed by atoms with Gasteiger partial charge in [-0.05, 0) is 65.2 Å². The fraction of sp³-hybridized carbons (Fsp3) is 0.391. The van der Waals surface area contributed by atoms with Crippen molar-refractivity contribution in [1.29, 1.82) is 0 Å². The topological polar surface area (TPSA) is 61.9 Å². The van der Waals surface area contributed by atoms with Gasteiger partial charge in [0, 0.05) is 42.1 Å². The highest BCUT2D eigenvalue weighted by molar-refractivity contribution is 9.11. The maximum Gasteiger partial charge on any atom is 0.262 e. The van der Waals surface area contributed by atoms with E-state index in [-0.39, 0.29) is 18.4 Å². The summed E-state index contributed by atoms with van der Waals surface area (Å²) in [7, 11) is 0. The monoisotopic (exact) mass is 585 g/mol. The summed E-state index contributed by atoms with van der Waals surface area (Å²) in [4.78, 5) is 28.9. The maximum atomic E-state index is 12.7. The Bertz CT molecular complexity index is 971. The molecule has 0 radical (unpaired) electrons. The third-order valence-corrected chi connectivity index (χ3v) is 6.49. The molecule has 1 aliphatic rings. The van der Waals surface area contributed by atoms with Gasteiger partial charge in [0.1, 0.15) is 5.75 Å². The second-order valence-electron chi connectivity index (χ2n) is 7.65. The van der Waals surface area contributed by atoms with E-state index in [4.69, 9.17) is 16.3 Å². The van der Waals surface area contributed by atoms with Crippen molar-refractivity contribution in [2.45, 2.75) is 26.7 Å². The molecule has 0 unspecified atom stereocenters. The van der Waals surface area contributed by atoms with E-state index in [1.54, 1.807) is 12.1 Å². The van der Waals surface area contributed by atoms with Crippen molar-refractivity contribution < 1.29 is 14.3 Å². The smallest absolute Gasteiger partial charge is 0.262 e. The lowest BCUT2D eigenvalue weighted by molar-refractivity contribution is -0.131. The van der Waals surface area contributed by atoms with Crippen molar-refractivity contribution in [3.05, 3.63) is 49.9 Å². The summed E-state index contributed by atoms with van der Waals surface area (Å²) in [6.45, 7) is 6.51. The van der Waals surface area contributed by atoms with Gasteiger partial charge in [0.15, 0.2) is 6.61 Å². The number of hydrogen-bond donors (Lipinski definition) is 1. The van der Waals surface area contributed by atoms with Crippen LogP contribution < -0.4 is 15.0 Å². The van der Waals surface area contributed by atoms with Crippen molar-refractivity contribution in [3.63, 3.8) is 0 Å². The molecule has 2 amide bonds. The molecule has 1 fully saturated rings. The summed E-state index contributed by atoms with van der Waals surface area (Å²) in [5, 5.41) is 3.46. The van der Waals surface area contributed by atoms with Gasteiger partial charge in [0.2, 0.25) is 5.91 Å². The summed E-state index contributed by atoms with van der Waals surface area (Å²) in [5.74, 6) is 0.547. The molecule has 1 aliphatic heterocycles. The molecule has 2 aromatic rings. The van der Waals surface area contributed by atoms with E-state index in [1.165, 1.54) is 0 Å². The quantitative estimate of drug-likeness (QED) is 0.456. The van der Waals surface area contributed by atoms with Crippen molar-refractivity contribution in [2.24, 2.45) is 0 Å². The molecule has 0 spiro atoms. The van der Waals surface area contributed by atoms with Crippen molar-refractivity contribution in [3.8, 4) is 5.75 Å². The minimum atomic E-state index is -0.278. The molecule has 1 N–H and O–H groups in total. The first-order valence-electron chi connectivity index (χ1n) is 10.5. The van der Waals surface area contributed by atoms with Crippen LogP contribution in [-0.2, 0) is 9.59 Å². The molecule has 6 nitrogen and oxygen atoms in total. The first-order chi connectivity index (χ1) is 15.3. The van der Waals surface area contributed by atoms with Crippen LogP contribution in [0, 0.1) is 6.92 Å². The van der Waals surface area contributed by atoms with E-state index in [1.807, 2.05) is 36.9 Å². The minimum absolute atomic E-state index is 0.133. The zero-order valence-electron chi connectivity index (χ0n) is 18.1. The molecule has 0 aromatic heterocycles. The summed E-state index contributed by atoms with van der Waals surface area (Å²) in [5.41, 5.74) is 2.43. The standard InChI is InChI=1S/C23H26Br2ClN3O3/c1-3-4-22(31)29-9-7-28(8-10-29)20-6-5-17(26)13-19(20)27-21(30)14-32-23-15(2)11-16(24)12-18(23)25/h5-6,11-13H,3-4,7-10,14H2,1-2H3,(H,27,30). The van der Waals surface area contributed by atoms with E-state index in [9.17, 15) is 9.59 Å². The van der Waals surface area contributed by atoms with E-state index in [0.717, 1.165) is 26.6 Å². The number of nitrogens with zero attached hydrogens (tertiary/aromatic N) is 2. The molecule has 32 heavy (non-hydrogen) atoms. The number of anilines is 2. The number of piperazine rings is 1. The van der Waals surface area contributed by atoms with E-state index < -0.39 is 0 Å².